The lowest BCUT2D eigenvalue weighted by atomic mass is 10.0. The van der Waals surface area contributed by atoms with E-state index in [1.54, 1.807) is 6.08 Å². The van der Waals surface area contributed by atoms with Crippen molar-refractivity contribution in [3.8, 4) is 0 Å². The van der Waals surface area contributed by atoms with Crippen molar-refractivity contribution in [1.82, 2.24) is 5.32 Å². The topological polar surface area (TPSA) is 39.0 Å². The molecule has 1 unspecified atom stereocenters. The van der Waals surface area contributed by atoms with Crippen LogP contribution in [0.1, 0.15) is 32.6 Å². The first kappa shape index (κ1) is 8.31. The van der Waals surface area contributed by atoms with E-state index in [4.69, 9.17) is 0 Å². The van der Waals surface area contributed by atoms with Crippen molar-refractivity contribution in [3.63, 3.8) is 0 Å². The zero-order valence-corrected chi connectivity index (χ0v) is 7.02. The fraction of sp³-hybridized carbons (Fsp3) is 0.667. The normalized spacial score (nSPS) is 27.9. The van der Waals surface area contributed by atoms with Crippen LogP contribution in [0, 0.1) is 0 Å². The van der Waals surface area contributed by atoms with E-state index in [0.717, 1.165) is 12.8 Å². The van der Waals surface area contributed by atoms with Gasteiger partial charge in [-0.1, -0.05) is 32.3 Å². The summed E-state index contributed by atoms with van der Waals surface area (Å²) < 4.78 is 0. The van der Waals surface area contributed by atoms with Crippen molar-refractivity contribution >= 4 is 5.91 Å². The zero-order chi connectivity index (χ0) is 8.32. The summed E-state index contributed by atoms with van der Waals surface area (Å²) in [4.78, 5) is 10.9. The van der Waals surface area contributed by atoms with Gasteiger partial charge in [0.1, 0.15) is 5.54 Å². The van der Waals surface area contributed by atoms with Crippen molar-refractivity contribution < 1.29 is 4.79 Å². The molecule has 0 aromatic heterocycles. The predicted molar refractivity (Wildman–Crippen MR) is 45.2 cm³/mol. The lowest BCUT2D eigenvalue weighted by molar-refractivity contribution is -0.111. The minimum atomic E-state index is -0.324. The molecule has 1 aliphatic heterocycles. The molecule has 1 atom stereocenters. The highest BCUT2D eigenvalue weighted by Gasteiger charge is 2.49. The van der Waals surface area contributed by atoms with Crippen LogP contribution in [0.3, 0.4) is 0 Å². The molecule has 0 aromatic carbocycles. The summed E-state index contributed by atoms with van der Waals surface area (Å²) in [6.07, 6.45) is 6.15. The highest BCUT2D eigenvalue weighted by Crippen LogP contribution is 2.27. The minimum Gasteiger partial charge on any atom is -0.336 e. The van der Waals surface area contributed by atoms with Crippen LogP contribution in [0.5, 0.6) is 0 Å². The number of hydrogen-bond donors (Lipinski definition) is 1. The Bertz CT molecular complexity index is 176. The number of hydrogen-bond acceptors (Lipinski definition) is 1. The molecule has 11 heavy (non-hydrogen) atoms. The summed E-state index contributed by atoms with van der Waals surface area (Å²) in [5.74, 6) is 0.142. The van der Waals surface area contributed by atoms with Crippen molar-refractivity contribution in [2.24, 2.45) is 0 Å². The average Bonchev–Trinajstić information content (AvgIpc) is 2.64. The molecule has 0 spiro atoms. The monoisotopic (exact) mass is 153 g/mol. The van der Waals surface area contributed by atoms with Gasteiger partial charge in [0.25, 0.3) is 5.91 Å². The molecule has 1 saturated heterocycles. The van der Waals surface area contributed by atoms with Gasteiger partial charge in [0.2, 0.25) is 0 Å². The van der Waals surface area contributed by atoms with Gasteiger partial charge in [-0.15, -0.1) is 6.58 Å². The van der Waals surface area contributed by atoms with Gasteiger partial charge < -0.3 is 5.32 Å². The molecule has 0 bridgehead atoms. The largest absolute Gasteiger partial charge is 0.336 e. The van der Waals surface area contributed by atoms with Gasteiger partial charge >= 0.3 is 0 Å². The van der Waals surface area contributed by atoms with Crippen LogP contribution < -0.4 is 5.32 Å². The Morgan fingerprint density at radius 2 is 2.27 bits per heavy atom. The maximum absolute atomic E-state index is 10.9. The van der Waals surface area contributed by atoms with Crippen molar-refractivity contribution in [2.75, 3.05) is 0 Å². The van der Waals surface area contributed by atoms with E-state index in [1.165, 1.54) is 12.8 Å². The fourth-order valence-corrected chi connectivity index (χ4v) is 1.25. The van der Waals surface area contributed by atoms with E-state index in [0.29, 0.717) is 0 Å². The zero-order valence-electron chi connectivity index (χ0n) is 7.02. The van der Waals surface area contributed by atoms with Crippen LogP contribution in [0.15, 0.2) is 12.7 Å². The van der Waals surface area contributed by atoms with Crippen LogP contribution >= 0.6 is 0 Å². The third-order valence-electron chi connectivity index (χ3n) is 2.20. The summed E-state index contributed by atoms with van der Waals surface area (Å²) in [7, 11) is 0. The number of amides is 1. The van der Waals surface area contributed by atoms with E-state index >= 15 is 0 Å². The predicted octanol–water partition coefficient (Wildman–Crippen LogP) is 1.62. The molecule has 0 radical (unpaired) electrons. The van der Waals surface area contributed by atoms with Crippen molar-refractivity contribution in [2.45, 2.75) is 38.1 Å². The summed E-state index contributed by atoms with van der Waals surface area (Å²) in [5, 5.41) is 2.80. The van der Waals surface area contributed by atoms with E-state index in [-0.39, 0.29) is 11.4 Å². The first-order valence-electron chi connectivity index (χ1n) is 4.21. The van der Waals surface area contributed by atoms with Crippen LogP contribution in [0.25, 0.3) is 0 Å². The second-order valence-electron chi connectivity index (χ2n) is 3.09. The Balaban J connectivity index is 2.25. The molecule has 62 valence electrons. The second-order valence-corrected chi connectivity index (χ2v) is 3.09. The van der Waals surface area contributed by atoms with Crippen LogP contribution in [-0.4, -0.2) is 11.4 Å². The van der Waals surface area contributed by atoms with Gasteiger partial charge in [0, 0.05) is 0 Å². The van der Waals surface area contributed by atoms with Gasteiger partial charge in [-0.05, 0) is 6.42 Å². The molecule has 0 aromatic rings. The standard InChI is InChI=1S/C9H15NO/c1-3-5-6-7-9(4-2)8(11)10-9/h4H,2-3,5-7H2,1H3,(H,10,11). The molecule has 1 amide bonds. The molecular weight excluding hydrogens is 138 g/mol. The lowest BCUT2D eigenvalue weighted by Gasteiger charge is -2.02. The highest BCUT2D eigenvalue weighted by molar-refractivity contribution is 6.04. The molecule has 1 heterocycles. The number of carbonyl (C=O) groups excluding carboxylic acids is 1. The molecule has 1 rings (SSSR count). The number of nitrogens with one attached hydrogen (secondary N) is 1. The Labute approximate surface area is 67.7 Å². The number of unbranched alkanes of at least 4 members (excludes halogenated alkanes) is 2. The highest BCUT2D eigenvalue weighted by atomic mass is 16.2. The maximum Gasteiger partial charge on any atom is 0.250 e. The van der Waals surface area contributed by atoms with Crippen LogP contribution in [0.2, 0.25) is 0 Å². The quantitative estimate of drug-likeness (QED) is 0.364. The van der Waals surface area contributed by atoms with E-state index in [2.05, 4.69) is 18.8 Å². The summed E-state index contributed by atoms with van der Waals surface area (Å²) in [6.45, 7) is 5.80. The maximum atomic E-state index is 10.9. The van der Waals surface area contributed by atoms with E-state index < -0.39 is 0 Å². The summed E-state index contributed by atoms with van der Waals surface area (Å²) >= 11 is 0. The first-order valence-corrected chi connectivity index (χ1v) is 4.21. The van der Waals surface area contributed by atoms with Gasteiger partial charge in [0.05, 0.1) is 0 Å². The summed E-state index contributed by atoms with van der Waals surface area (Å²) in [5.41, 5.74) is -0.324. The first-order chi connectivity index (χ1) is 5.25. The van der Waals surface area contributed by atoms with Gasteiger partial charge in [-0.2, -0.15) is 0 Å². The van der Waals surface area contributed by atoms with Gasteiger partial charge in [-0.25, -0.2) is 0 Å². The summed E-state index contributed by atoms with van der Waals surface area (Å²) in [6, 6.07) is 0. The third-order valence-corrected chi connectivity index (χ3v) is 2.20. The lowest BCUT2D eigenvalue weighted by Crippen LogP contribution is -2.11. The molecule has 2 heteroatoms. The van der Waals surface area contributed by atoms with E-state index in [9.17, 15) is 4.79 Å². The Morgan fingerprint density at radius 1 is 1.64 bits per heavy atom. The molecule has 2 nitrogen and oxygen atoms in total. The Kier molecular flexibility index (Phi) is 2.32. The number of carbonyl (C=O) groups is 1. The molecule has 1 N–H and O–H groups in total. The van der Waals surface area contributed by atoms with Crippen molar-refractivity contribution in [3.05, 3.63) is 12.7 Å². The molecular formula is C9H15NO. The fourth-order valence-electron chi connectivity index (χ4n) is 1.25. The second kappa shape index (κ2) is 3.07. The smallest absolute Gasteiger partial charge is 0.250 e. The Hall–Kier alpha value is -0.790. The Morgan fingerprint density at radius 3 is 2.64 bits per heavy atom. The van der Waals surface area contributed by atoms with Crippen molar-refractivity contribution in [1.29, 1.82) is 0 Å². The van der Waals surface area contributed by atoms with Gasteiger partial charge in [0.15, 0.2) is 0 Å². The van der Waals surface area contributed by atoms with Crippen LogP contribution in [-0.2, 0) is 4.79 Å². The van der Waals surface area contributed by atoms with Crippen LogP contribution in [0.4, 0.5) is 0 Å². The molecule has 0 aliphatic carbocycles. The van der Waals surface area contributed by atoms with E-state index in [1.807, 2.05) is 0 Å². The third kappa shape index (κ3) is 1.62. The molecule has 0 saturated carbocycles. The molecule has 1 aliphatic rings. The SMILES string of the molecule is C=CC1(CCCCC)NC1=O. The van der Waals surface area contributed by atoms with Gasteiger partial charge in [-0.3, -0.25) is 4.79 Å². The average molecular weight is 153 g/mol. The minimum absolute atomic E-state index is 0.142. The molecule has 1 fully saturated rings. The number of rotatable bonds is 5.